The van der Waals surface area contributed by atoms with Crippen LogP contribution in [0.3, 0.4) is 0 Å². The number of para-hydroxylation sites is 1. The van der Waals surface area contributed by atoms with Crippen molar-refractivity contribution in [3.63, 3.8) is 0 Å². The molecular formula is C50H38IrN2O-2. The van der Waals surface area contributed by atoms with Crippen molar-refractivity contribution in [1.82, 2.24) is 9.97 Å². The third-order valence-electron chi connectivity index (χ3n) is 9.77. The Morgan fingerprint density at radius 2 is 1.26 bits per heavy atom. The van der Waals surface area contributed by atoms with Gasteiger partial charge in [0.1, 0.15) is 5.58 Å². The van der Waals surface area contributed by atoms with E-state index in [9.17, 15) is 0 Å². The van der Waals surface area contributed by atoms with E-state index in [0.29, 0.717) is 5.92 Å². The summed E-state index contributed by atoms with van der Waals surface area (Å²) in [6, 6.07) is 63.1. The average molecular weight is 875 g/mol. The van der Waals surface area contributed by atoms with E-state index in [1.54, 1.807) is 0 Å². The van der Waals surface area contributed by atoms with Crippen molar-refractivity contribution in [3.8, 4) is 33.6 Å². The Kier molecular flexibility index (Phi) is 11.3. The maximum absolute atomic E-state index is 5.89. The summed E-state index contributed by atoms with van der Waals surface area (Å²) in [4.78, 5) is 9.27. The van der Waals surface area contributed by atoms with Crippen LogP contribution in [0.15, 0.2) is 181 Å². The summed E-state index contributed by atoms with van der Waals surface area (Å²) in [6.07, 6.45) is 4.76. The average Bonchev–Trinajstić information content (AvgIpc) is 3.60. The Hall–Kier alpha value is -5.93. The molecule has 3 aromatic heterocycles. The second-order valence-electron chi connectivity index (χ2n) is 13.4. The van der Waals surface area contributed by atoms with Crippen LogP contribution in [0.1, 0.15) is 40.7 Å². The van der Waals surface area contributed by atoms with Crippen molar-refractivity contribution >= 4 is 21.9 Å². The van der Waals surface area contributed by atoms with Crippen LogP contribution in [0.5, 0.6) is 0 Å². The van der Waals surface area contributed by atoms with Gasteiger partial charge in [-0.15, -0.1) is 53.1 Å². The van der Waals surface area contributed by atoms with Crippen LogP contribution >= 0.6 is 0 Å². The molecule has 0 bridgehead atoms. The minimum absolute atomic E-state index is 0. The van der Waals surface area contributed by atoms with Gasteiger partial charge in [0, 0.05) is 43.8 Å². The third-order valence-corrected chi connectivity index (χ3v) is 9.77. The molecule has 0 spiro atoms. The van der Waals surface area contributed by atoms with E-state index in [1.165, 1.54) is 38.9 Å². The van der Waals surface area contributed by atoms with Gasteiger partial charge in [-0.2, -0.15) is 0 Å². The minimum atomic E-state index is 0. The van der Waals surface area contributed by atoms with Crippen LogP contribution in [0, 0.1) is 19.1 Å². The number of fused-ring (bicyclic) bond motifs is 3. The summed E-state index contributed by atoms with van der Waals surface area (Å²) in [5, 5.41) is 2.22. The van der Waals surface area contributed by atoms with Crippen molar-refractivity contribution < 1.29 is 24.5 Å². The summed E-state index contributed by atoms with van der Waals surface area (Å²) in [7, 11) is 0. The fourth-order valence-electron chi connectivity index (χ4n) is 6.81. The summed E-state index contributed by atoms with van der Waals surface area (Å²) in [6.45, 7) is 4.36. The molecule has 4 heteroatoms. The predicted molar refractivity (Wildman–Crippen MR) is 218 cm³/mol. The van der Waals surface area contributed by atoms with Crippen molar-refractivity contribution in [2.75, 3.05) is 0 Å². The van der Waals surface area contributed by atoms with Crippen LogP contribution in [-0.2, 0) is 26.5 Å². The molecular weight excluding hydrogens is 837 g/mol. The zero-order valence-electron chi connectivity index (χ0n) is 30.2. The number of aryl methyl sites for hydroxylation is 1. The van der Waals surface area contributed by atoms with Gasteiger partial charge in [-0.05, 0) is 52.2 Å². The number of aromatic nitrogens is 2. The summed E-state index contributed by atoms with van der Waals surface area (Å²) >= 11 is 0. The standard InChI is InChI=1S/C26H22N.C24H16NO.Ir/c1-19-17-23(13-15-25(19)22-11-7-4-8-12-22)26-16-14-24(18-27-26)20(2)21-9-5-3-6-10-21;1-2-6-17(7-3-1)14-18-12-13-25-22(15-18)19-10-11-24-21(16-19)20-8-4-5-9-23(20)26-24;/h3-12,14-18,20H,1-2H3;1-9,11-13,15-16H,14H2;/q2*-1;. The van der Waals surface area contributed by atoms with Gasteiger partial charge in [0.25, 0.3) is 0 Å². The molecule has 3 nitrogen and oxygen atoms in total. The maximum Gasteiger partial charge on any atom is 0.120 e. The molecule has 265 valence electrons. The van der Waals surface area contributed by atoms with Crippen molar-refractivity contribution in [3.05, 3.63) is 216 Å². The Morgan fingerprint density at radius 1 is 0.574 bits per heavy atom. The van der Waals surface area contributed by atoms with Gasteiger partial charge in [-0.3, -0.25) is 0 Å². The fraction of sp³-hybridized carbons (Fsp3) is 0.0800. The number of hydrogen-bond donors (Lipinski definition) is 0. The molecule has 1 radical (unpaired) electrons. The molecule has 0 fully saturated rings. The SMILES string of the molecule is Cc1cc(-c2ccc(C(C)c3ccccc3)cn2)[c-]cc1-c1ccccc1.[Ir].[c-]1cc2oc3ccccc3c2cc1-c1cc(Cc2ccccc2)ccn1. The molecule has 9 aromatic rings. The van der Waals surface area contributed by atoms with Gasteiger partial charge in [0.2, 0.25) is 0 Å². The molecule has 0 aliphatic carbocycles. The first kappa shape index (κ1) is 36.4. The summed E-state index contributed by atoms with van der Waals surface area (Å²) in [5.74, 6) is 0.332. The molecule has 0 amide bonds. The first-order valence-corrected chi connectivity index (χ1v) is 18.0. The van der Waals surface area contributed by atoms with Gasteiger partial charge in [-0.25, -0.2) is 0 Å². The molecule has 54 heavy (non-hydrogen) atoms. The molecule has 1 unspecified atom stereocenters. The van der Waals surface area contributed by atoms with E-state index < -0.39 is 0 Å². The Labute approximate surface area is 330 Å². The van der Waals surface area contributed by atoms with E-state index in [4.69, 9.17) is 9.40 Å². The topological polar surface area (TPSA) is 38.9 Å². The number of hydrogen-bond acceptors (Lipinski definition) is 3. The van der Waals surface area contributed by atoms with Crippen LogP contribution in [0.25, 0.3) is 55.6 Å². The van der Waals surface area contributed by atoms with E-state index in [-0.39, 0.29) is 20.1 Å². The van der Waals surface area contributed by atoms with Crippen LogP contribution in [0.4, 0.5) is 0 Å². The number of nitrogens with zero attached hydrogens (tertiary/aromatic N) is 2. The Balaban J connectivity index is 0.000000164. The van der Waals surface area contributed by atoms with E-state index in [2.05, 4.69) is 158 Å². The number of pyridine rings is 2. The quantitative estimate of drug-likeness (QED) is 0.150. The first-order valence-electron chi connectivity index (χ1n) is 18.0. The smallest absolute Gasteiger partial charge is 0.120 e. The van der Waals surface area contributed by atoms with Crippen molar-refractivity contribution in [2.45, 2.75) is 26.2 Å². The molecule has 1 atom stereocenters. The molecule has 3 heterocycles. The predicted octanol–water partition coefficient (Wildman–Crippen LogP) is 12.7. The van der Waals surface area contributed by atoms with E-state index in [1.807, 2.05) is 48.8 Å². The van der Waals surface area contributed by atoms with Gasteiger partial charge < -0.3 is 14.4 Å². The Bertz CT molecular complexity index is 2600. The Morgan fingerprint density at radius 3 is 2.00 bits per heavy atom. The normalized spacial score (nSPS) is 11.4. The number of furan rings is 1. The third kappa shape index (κ3) is 8.16. The molecule has 6 aromatic carbocycles. The summed E-state index contributed by atoms with van der Waals surface area (Å²) in [5.41, 5.74) is 14.4. The van der Waals surface area contributed by atoms with Crippen LogP contribution in [-0.4, -0.2) is 9.97 Å². The number of rotatable bonds is 7. The van der Waals surface area contributed by atoms with Crippen LogP contribution in [0.2, 0.25) is 0 Å². The maximum atomic E-state index is 5.89. The molecule has 0 aliphatic rings. The van der Waals surface area contributed by atoms with Crippen molar-refractivity contribution in [2.24, 2.45) is 0 Å². The zero-order valence-corrected chi connectivity index (χ0v) is 32.6. The van der Waals surface area contributed by atoms with Gasteiger partial charge >= 0.3 is 0 Å². The van der Waals surface area contributed by atoms with Crippen LogP contribution < -0.4 is 0 Å². The fourth-order valence-corrected chi connectivity index (χ4v) is 6.81. The molecule has 9 rings (SSSR count). The second kappa shape index (κ2) is 16.8. The molecule has 0 aliphatic heterocycles. The second-order valence-corrected chi connectivity index (χ2v) is 13.4. The molecule has 0 N–H and O–H groups in total. The molecule has 0 saturated heterocycles. The molecule has 0 saturated carbocycles. The first-order chi connectivity index (χ1) is 26.1. The van der Waals surface area contributed by atoms with Gasteiger partial charge in [-0.1, -0.05) is 158 Å². The van der Waals surface area contributed by atoms with E-state index in [0.717, 1.165) is 50.9 Å². The largest absolute Gasteiger partial charge is 0.500 e. The van der Waals surface area contributed by atoms with Gasteiger partial charge in [0.05, 0.1) is 5.58 Å². The summed E-state index contributed by atoms with van der Waals surface area (Å²) < 4.78 is 5.89. The minimum Gasteiger partial charge on any atom is -0.500 e. The monoisotopic (exact) mass is 875 g/mol. The van der Waals surface area contributed by atoms with Crippen molar-refractivity contribution in [1.29, 1.82) is 0 Å². The van der Waals surface area contributed by atoms with Gasteiger partial charge in [0.15, 0.2) is 0 Å². The number of benzene rings is 6. The van der Waals surface area contributed by atoms with E-state index >= 15 is 0 Å². The zero-order chi connectivity index (χ0) is 36.0.